The molecule has 3 nitrogen and oxygen atoms in total. The van der Waals surface area contributed by atoms with Crippen LogP contribution >= 0.6 is 11.8 Å². The Bertz CT molecular complexity index is 247. The van der Waals surface area contributed by atoms with E-state index in [9.17, 15) is 0 Å². The van der Waals surface area contributed by atoms with Crippen molar-refractivity contribution in [2.45, 2.75) is 26.4 Å². The molecule has 1 heterocycles. The maximum absolute atomic E-state index is 4.30. The van der Waals surface area contributed by atoms with Crippen molar-refractivity contribution in [3.05, 3.63) is 18.0 Å². The van der Waals surface area contributed by atoms with Crippen LogP contribution in [0.5, 0.6) is 0 Å². The van der Waals surface area contributed by atoms with E-state index >= 15 is 0 Å². The average Bonchev–Trinajstić information content (AvgIpc) is 2.63. The fourth-order valence-electron chi connectivity index (χ4n) is 1.21. The van der Waals surface area contributed by atoms with Crippen molar-refractivity contribution in [2.75, 3.05) is 18.6 Å². The van der Waals surface area contributed by atoms with E-state index in [-0.39, 0.29) is 0 Å². The fraction of sp³-hybridized carbons (Fsp3) is 0.700. The van der Waals surface area contributed by atoms with Gasteiger partial charge in [-0.25, -0.2) is 0 Å². The molecule has 0 aromatic carbocycles. The van der Waals surface area contributed by atoms with Gasteiger partial charge in [-0.15, -0.1) is 0 Å². The van der Waals surface area contributed by atoms with Gasteiger partial charge in [-0.05, 0) is 19.2 Å². The molecular weight excluding hydrogens is 194 g/mol. The van der Waals surface area contributed by atoms with E-state index < -0.39 is 0 Å². The van der Waals surface area contributed by atoms with Crippen LogP contribution in [-0.2, 0) is 13.1 Å². The molecule has 0 aliphatic rings. The van der Waals surface area contributed by atoms with Crippen LogP contribution < -0.4 is 5.32 Å². The van der Waals surface area contributed by atoms with Gasteiger partial charge in [0.1, 0.15) is 0 Å². The van der Waals surface area contributed by atoms with E-state index in [2.05, 4.69) is 29.8 Å². The lowest BCUT2D eigenvalue weighted by atomic mass is 10.3. The highest BCUT2D eigenvalue weighted by atomic mass is 32.2. The number of hydrogen-bond acceptors (Lipinski definition) is 3. The van der Waals surface area contributed by atoms with Gasteiger partial charge in [-0.1, -0.05) is 6.92 Å². The highest BCUT2D eigenvalue weighted by molar-refractivity contribution is 7.98. The summed E-state index contributed by atoms with van der Waals surface area (Å²) in [5.41, 5.74) is 1.28. The topological polar surface area (TPSA) is 29.9 Å². The number of aryl methyl sites for hydroxylation is 1. The minimum atomic E-state index is 0.938. The van der Waals surface area contributed by atoms with Gasteiger partial charge < -0.3 is 5.32 Å². The van der Waals surface area contributed by atoms with Crippen LogP contribution in [-0.4, -0.2) is 28.3 Å². The van der Waals surface area contributed by atoms with Gasteiger partial charge in [-0.3, -0.25) is 4.68 Å². The van der Waals surface area contributed by atoms with Crippen LogP contribution in [0.3, 0.4) is 0 Å². The molecule has 0 unspecified atom stereocenters. The van der Waals surface area contributed by atoms with E-state index in [0.29, 0.717) is 0 Å². The van der Waals surface area contributed by atoms with Gasteiger partial charge in [-0.2, -0.15) is 16.9 Å². The van der Waals surface area contributed by atoms with Crippen molar-refractivity contribution in [2.24, 2.45) is 0 Å². The lowest BCUT2D eigenvalue weighted by Crippen LogP contribution is -2.13. The van der Waals surface area contributed by atoms with Crippen LogP contribution in [0.1, 0.15) is 18.9 Å². The molecule has 1 aromatic heterocycles. The first-order chi connectivity index (χ1) is 6.86. The van der Waals surface area contributed by atoms with E-state index in [1.54, 1.807) is 0 Å². The number of nitrogens with zero attached hydrogens (tertiary/aromatic N) is 2. The molecule has 0 fully saturated rings. The minimum Gasteiger partial charge on any atom is -0.313 e. The summed E-state index contributed by atoms with van der Waals surface area (Å²) in [5, 5.41) is 7.66. The van der Waals surface area contributed by atoms with E-state index in [1.165, 1.54) is 12.0 Å². The molecule has 80 valence electrons. The second kappa shape index (κ2) is 6.90. The van der Waals surface area contributed by atoms with Crippen LogP contribution in [0, 0.1) is 0 Å². The van der Waals surface area contributed by atoms with E-state index in [1.807, 2.05) is 22.6 Å². The van der Waals surface area contributed by atoms with Crippen LogP contribution in [0.25, 0.3) is 0 Å². The smallest absolute Gasteiger partial charge is 0.0534 e. The zero-order valence-corrected chi connectivity index (χ0v) is 9.81. The highest BCUT2D eigenvalue weighted by Crippen LogP contribution is 1.99. The first-order valence-electron chi connectivity index (χ1n) is 5.07. The third kappa shape index (κ3) is 4.15. The zero-order chi connectivity index (χ0) is 10.2. The molecule has 1 N–H and O–H groups in total. The number of hydrogen-bond donors (Lipinski definition) is 1. The molecule has 0 amide bonds. The average molecular weight is 213 g/mol. The van der Waals surface area contributed by atoms with Gasteiger partial charge in [0.2, 0.25) is 0 Å². The maximum atomic E-state index is 4.30. The van der Waals surface area contributed by atoms with Crippen molar-refractivity contribution in [1.29, 1.82) is 0 Å². The molecule has 0 atom stereocenters. The van der Waals surface area contributed by atoms with Gasteiger partial charge in [0.15, 0.2) is 0 Å². The molecular formula is C10H19N3S. The molecule has 0 bridgehead atoms. The second-order valence-corrected chi connectivity index (χ2v) is 4.27. The predicted octanol–water partition coefficient (Wildman–Crippen LogP) is 1.75. The fourth-order valence-corrected chi connectivity index (χ4v) is 1.58. The number of rotatable bonds is 7. The van der Waals surface area contributed by atoms with Crippen molar-refractivity contribution < 1.29 is 0 Å². The third-order valence-corrected chi connectivity index (χ3v) is 2.56. The normalized spacial score (nSPS) is 10.7. The minimum absolute atomic E-state index is 0.938. The molecule has 1 aromatic rings. The Hall–Kier alpha value is -0.480. The lowest BCUT2D eigenvalue weighted by molar-refractivity contribution is 0.659. The number of nitrogens with one attached hydrogen (secondary N) is 1. The molecule has 0 radical (unpaired) electrons. The van der Waals surface area contributed by atoms with Crippen LogP contribution in [0.2, 0.25) is 0 Å². The van der Waals surface area contributed by atoms with Gasteiger partial charge in [0, 0.05) is 30.6 Å². The molecule has 0 aliphatic heterocycles. The lowest BCUT2D eigenvalue weighted by Gasteiger charge is -1.99. The summed E-state index contributed by atoms with van der Waals surface area (Å²) in [5.74, 6) is 1.13. The standard InChI is InChI=1S/C10H19N3S/c1-3-4-11-7-10-8-12-13(9-10)5-6-14-2/h8-9,11H,3-7H2,1-2H3. The first kappa shape index (κ1) is 11.6. The first-order valence-corrected chi connectivity index (χ1v) is 6.47. The van der Waals surface area contributed by atoms with Crippen molar-refractivity contribution in [3.63, 3.8) is 0 Å². The Morgan fingerprint density at radius 2 is 2.43 bits per heavy atom. The Labute approximate surface area is 90.3 Å². The number of thioether (sulfide) groups is 1. The molecule has 0 spiro atoms. The molecule has 0 saturated heterocycles. The number of aromatic nitrogens is 2. The molecule has 0 saturated carbocycles. The van der Waals surface area contributed by atoms with Gasteiger partial charge >= 0.3 is 0 Å². The zero-order valence-electron chi connectivity index (χ0n) is 8.99. The highest BCUT2D eigenvalue weighted by Gasteiger charge is 1.97. The Balaban J connectivity index is 2.27. The van der Waals surface area contributed by atoms with Gasteiger partial charge in [0.25, 0.3) is 0 Å². The van der Waals surface area contributed by atoms with Crippen molar-refractivity contribution >= 4 is 11.8 Å². The van der Waals surface area contributed by atoms with Crippen molar-refractivity contribution in [3.8, 4) is 0 Å². The van der Waals surface area contributed by atoms with Crippen LogP contribution in [0.4, 0.5) is 0 Å². The largest absolute Gasteiger partial charge is 0.313 e. The Morgan fingerprint density at radius 3 is 3.14 bits per heavy atom. The Morgan fingerprint density at radius 1 is 1.57 bits per heavy atom. The third-order valence-electron chi connectivity index (χ3n) is 1.97. The summed E-state index contributed by atoms with van der Waals surface area (Å²) in [6, 6.07) is 0. The van der Waals surface area contributed by atoms with E-state index in [0.717, 1.165) is 25.4 Å². The summed E-state index contributed by atoms with van der Waals surface area (Å²) in [6.07, 6.45) is 7.37. The Kier molecular flexibility index (Phi) is 5.71. The molecule has 14 heavy (non-hydrogen) atoms. The SMILES string of the molecule is CCCNCc1cnn(CCSC)c1. The molecule has 0 aliphatic carbocycles. The summed E-state index contributed by atoms with van der Waals surface area (Å²) < 4.78 is 2.01. The predicted molar refractivity (Wildman–Crippen MR) is 62.6 cm³/mol. The quantitative estimate of drug-likeness (QED) is 0.700. The summed E-state index contributed by atoms with van der Waals surface area (Å²) in [4.78, 5) is 0. The second-order valence-electron chi connectivity index (χ2n) is 3.28. The van der Waals surface area contributed by atoms with Gasteiger partial charge in [0.05, 0.1) is 6.20 Å². The maximum Gasteiger partial charge on any atom is 0.0534 e. The summed E-state index contributed by atoms with van der Waals surface area (Å²) >= 11 is 1.85. The van der Waals surface area contributed by atoms with Crippen molar-refractivity contribution in [1.82, 2.24) is 15.1 Å². The van der Waals surface area contributed by atoms with Crippen LogP contribution in [0.15, 0.2) is 12.4 Å². The summed E-state index contributed by atoms with van der Waals surface area (Å²) in [6.45, 7) is 5.20. The monoisotopic (exact) mass is 213 g/mol. The van der Waals surface area contributed by atoms with E-state index in [4.69, 9.17) is 0 Å². The molecule has 4 heteroatoms. The summed E-state index contributed by atoms with van der Waals surface area (Å²) in [7, 11) is 0. The molecule has 1 rings (SSSR count).